The van der Waals surface area contributed by atoms with Gasteiger partial charge in [0, 0.05) is 29.1 Å². The third-order valence-corrected chi connectivity index (χ3v) is 4.41. The summed E-state index contributed by atoms with van der Waals surface area (Å²) < 4.78 is 5.40. The topological polar surface area (TPSA) is 110 Å². The van der Waals surface area contributed by atoms with Crippen molar-refractivity contribution in [3.8, 4) is 28.0 Å². The van der Waals surface area contributed by atoms with Crippen LogP contribution in [0, 0.1) is 0 Å². The SMILES string of the molecule is CCc1c(-c2ccc(N)nc2)cnc(NC(=O)OC(C)(C)C)c1-c1ccc(O)cc1. The predicted octanol–water partition coefficient (Wildman–Crippen LogP) is 5.01. The number of hydrogen-bond donors (Lipinski definition) is 3. The van der Waals surface area contributed by atoms with Crippen molar-refractivity contribution in [3.05, 3.63) is 54.4 Å². The molecule has 1 aromatic carbocycles. The van der Waals surface area contributed by atoms with Gasteiger partial charge in [-0.2, -0.15) is 0 Å². The van der Waals surface area contributed by atoms with Gasteiger partial charge < -0.3 is 15.6 Å². The third kappa shape index (κ3) is 4.86. The number of aromatic hydroxyl groups is 1. The molecule has 0 aliphatic rings. The van der Waals surface area contributed by atoms with Gasteiger partial charge in [0.05, 0.1) is 0 Å². The molecule has 0 saturated heterocycles. The Hall–Kier alpha value is -3.61. The summed E-state index contributed by atoms with van der Waals surface area (Å²) in [6.45, 7) is 7.44. The van der Waals surface area contributed by atoms with Gasteiger partial charge in [-0.1, -0.05) is 19.1 Å². The number of rotatable bonds is 4. The van der Waals surface area contributed by atoms with Crippen molar-refractivity contribution in [1.29, 1.82) is 0 Å². The van der Waals surface area contributed by atoms with Crippen LogP contribution >= 0.6 is 0 Å². The maximum Gasteiger partial charge on any atom is 0.413 e. The maximum absolute atomic E-state index is 12.4. The lowest BCUT2D eigenvalue weighted by Crippen LogP contribution is -2.27. The summed E-state index contributed by atoms with van der Waals surface area (Å²) in [6, 6.07) is 10.4. The Labute approximate surface area is 175 Å². The van der Waals surface area contributed by atoms with Crippen LogP contribution in [0.3, 0.4) is 0 Å². The second kappa shape index (κ2) is 8.41. The molecule has 0 aliphatic heterocycles. The minimum Gasteiger partial charge on any atom is -0.508 e. The molecular weight excluding hydrogens is 380 g/mol. The first-order valence-corrected chi connectivity index (χ1v) is 9.71. The number of pyridine rings is 2. The highest BCUT2D eigenvalue weighted by Gasteiger charge is 2.21. The Kier molecular flexibility index (Phi) is 5.91. The van der Waals surface area contributed by atoms with Gasteiger partial charge in [0.2, 0.25) is 0 Å². The highest BCUT2D eigenvalue weighted by atomic mass is 16.6. The smallest absolute Gasteiger partial charge is 0.413 e. The summed E-state index contributed by atoms with van der Waals surface area (Å²) in [5, 5.41) is 12.5. The molecule has 30 heavy (non-hydrogen) atoms. The number of anilines is 2. The molecule has 156 valence electrons. The zero-order valence-corrected chi connectivity index (χ0v) is 17.6. The number of aromatic nitrogens is 2. The summed E-state index contributed by atoms with van der Waals surface area (Å²) in [4.78, 5) is 21.1. The molecule has 3 aromatic rings. The van der Waals surface area contributed by atoms with E-state index in [0.29, 0.717) is 18.1 Å². The van der Waals surface area contributed by atoms with E-state index in [9.17, 15) is 9.90 Å². The molecule has 4 N–H and O–H groups in total. The molecule has 2 aromatic heterocycles. The molecule has 0 atom stereocenters. The van der Waals surface area contributed by atoms with Gasteiger partial charge in [0.15, 0.2) is 0 Å². The first kappa shape index (κ1) is 21.1. The molecule has 0 aliphatic carbocycles. The van der Waals surface area contributed by atoms with E-state index in [-0.39, 0.29) is 5.75 Å². The summed E-state index contributed by atoms with van der Waals surface area (Å²) in [7, 11) is 0. The van der Waals surface area contributed by atoms with Crippen LogP contribution in [-0.4, -0.2) is 26.8 Å². The molecular formula is C23H26N4O3. The summed E-state index contributed by atoms with van der Waals surface area (Å²) in [6.07, 6.45) is 3.51. The largest absolute Gasteiger partial charge is 0.508 e. The zero-order chi connectivity index (χ0) is 21.9. The third-order valence-electron chi connectivity index (χ3n) is 4.41. The number of phenolic OH excluding ortho intramolecular Hbond substituents is 1. The fraction of sp³-hybridized carbons (Fsp3) is 0.261. The number of hydrogen-bond acceptors (Lipinski definition) is 6. The molecule has 0 radical (unpaired) electrons. The lowest BCUT2D eigenvalue weighted by atomic mass is 9.92. The number of nitrogens with two attached hydrogens (primary N) is 1. The van der Waals surface area contributed by atoms with Crippen molar-refractivity contribution in [3.63, 3.8) is 0 Å². The number of nitrogens with one attached hydrogen (secondary N) is 1. The summed E-state index contributed by atoms with van der Waals surface area (Å²) in [5.74, 6) is 0.982. The standard InChI is InChI=1S/C23H26N4O3/c1-5-17-18(15-8-11-19(24)25-12-15)13-26-21(27-22(29)30-23(2,3)4)20(17)14-6-9-16(28)10-7-14/h6-13,28H,5H2,1-4H3,(H2,24,25)(H,26,27,29). The van der Waals surface area contributed by atoms with Crippen molar-refractivity contribution in [2.24, 2.45) is 0 Å². The Bertz CT molecular complexity index is 1040. The lowest BCUT2D eigenvalue weighted by Gasteiger charge is -2.22. The fourth-order valence-electron chi connectivity index (χ4n) is 3.16. The van der Waals surface area contributed by atoms with Crippen molar-refractivity contribution in [2.75, 3.05) is 11.1 Å². The van der Waals surface area contributed by atoms with E-state index in [2.05, 4.69) is 15.3 Å². The van der Waals surface area contributed by atoms with Gasteiger partial charge in [0.1, 0.15) is 23.0 Å². The quantitative estimate of drug-likeness (QED) is 0.562. The highest BCUT2D eigenvalue weighted by Crippen LogP contribution is 2.37. The molecule has 7 heteroatoms. The van der Waals surface area contributed by atoms with Crippen LogP contribution in [0.1, 0.15) is 33.3 Å². The van der Waals surface area contributed by atoms with Crippen molar-refractivity contribution < 1.29 is 14.6 Å². The average Bonchev–Trinajstić information content (AvgIpc) is 2.67. The van der Waals surface area contributed by atoms with Gasteiger partial charge in [-0.25, -0.2) is 14.8 Å². The van der Waals surface area contributed by atoms with E-state index >= 15 is 0 Å². The number of benzene rings is 1. The average molecular weight is 406 g/mol. The van der Waals surface area contributed by atoms with Gasteiger partial charge in [0.25, 0.3) is 0 Å². The molecule has 0 unspecified atom stereocenters. The Morgan fingerprint density at radius 1 is 1.07 bits per heavy atom. The van der Waals surface area contributed by atoms with Crippen LogP contribution in [0.4, 0.5) is 16.4 Å². The minimum absolute atomic E-state index is 0.158. The van der Waals surface area contributed by atoms with Crippen LogP contribution in [0.25, 0.3) is 22.3 Å². The molecule has 0 fully saturated rings. The van der Waals surface area contributed by atoms with Crippen LogP contribution in [-0.2, 0) is 11.2 Å². The van der Waals surface area contributed by atoms with Gasteiger partial charge in [-0.15, -0.1) is 0 Å². The number of carbonyl (C=O) groups excluding carboxylic acids is 1. The highest BCUT2D eigenvalue weighted by molar-refractivity contribution is 5.93. The van der Waals surface area contributed by atoms with Gasteiger partial charge in [-0.05, 0) is 62.6 Å². The number of nitrogen functional groups attached to an aromatic ring is 1. The molecule has 0 saturated carbocycles. The normalized spacial score (nSPS) is 11.2. The second-order valence-corrected chi connectivity index (χ2v) is 7.87. The molecule has 7 nitrogen and oxygen atoms in total. The molecule has 1 amide bonds. The molecule has 2 heterocycles. The van der Waals surface area contributed by atoms with Gasteiger partial charge in [-0.3, -0.25) is 5.32 Å². The summed E-state index contributed by atoms with van der Waals surface area (Å²) >= 11 is 0. The first-order valence-electron chi connectivity index (χ1n) is 9.71. The van der Waals surface area contributed by atoms with Crippen molar-refractivity contribution >= 4 is 17.7 Å². The van der Waals surface area contributed by atoms with Crippen molar-refractivity contribution in [1.82, 2.24) is 9.97 Å². The van der Waals surface area contributed by atoms with Crippen LogP contribution < -0.4 is 11.1 Å². The number of nitrogens with zero attached hydrogens (tertiary/aromatic N) is 2. The van der Waals surface area contributed by atoms with E-state index in [1.165, 1.54) is 0 Å². The van der Waals surface area contributed by atoms with E-state index in [1.54, 1.807) is 63.5 Å². The first-order chi connectivity index (χ1) is 14.2. The number of amides is 1. The number of phenols is 1. The predicted molar refractivity (Wildman–Crippen MR) is 118 cm³/mol. The van der Waals surface area contributed by atoms with Gasteiger partial charge >= 0.3 is 6.09 Å². The maximum atomic E-state index is 12.4. The molecule has 3 rings (SSSR count). The van der Waals surface area contributed by atoms with E-state index < -0.39 is 11.7 Å². The zero-order valence-electron chi connectivity index (χ0n) is 17.6. The second-order valence-electron chi connectivity index (χ2n) is 7.87. The summed E-state index contributed by atoms with van der Waals surface area (Å²) in [5.41, 5.74) is 9.41. The van der Waals surface area contributed by atoms with E-state index in [4.69, 9.17) is 10.5 Å². The van der Waals surface area contributed by atoms with Crippen LogP contribution in [0.5, 0.6) is 5.75 Å². The Balaban J connectivity index is 2.16. The minimum atomic E-state index is -0.633. The lowest BCUT2D eigenvalue weighted by molar-refractivity contribution is 0.0635. The van der Waals surface area contributed by atoms with E-state index in [0.717, 1.165) is 27.8 Å². The van der Waals surface area contributed by atoms with E-state index in [1.807, 2.05) is 13.0 Å². The Morgan fingerprint density at radius 2 is 1.73 bits per heavy atom. The molecule has 0 spiro atoms. The fourth-order valence-corrected chi connectivity index (χ4v) is 3.16. The Morgan fingerprint density at radius 3 is 2.30 bits per heavy atom. The van der Waals surface area contributed by atoms with Crippen molar-refractivity contribution in [2.45, 2.75) is 39.7 Å². The number of ether oxygens (including phenoxy) is 1. The monoisotopic (exact) mass is 406 g/mol. The van der Waals surface area contributed by atoms with Crippen LogP contribution in [0.2, 0.25) is 0 Å². The van der Waals surface area contributed by atoms with Crippen LogP contribution in [0.15, 0.2) is 48.8 Å². The molecule has 0 bridgehead atoms. The number of carbonyl (C=O) groups is 1.